The van der Waals surface area contributed by atoms with Crippen molar-refractivity contribution in [1.29, 1.82) is 0 Å². The van der Waals surface area contributed by atoms with Crippen LogP contribution in [0, 0.1) is 0 Å². The molecule has 0 aromatic heterocycles. The molecular formula is C13H17NO2. The lowest BCUT2D eigenvalue weighted by atomic mass is 10.0. The molecule has 0 bridgehead atoms. The molecule has 0 heterocycles. The van der Waals surface area contributed by atoms with Crippen molar-refractivity contribution >= 4 is 5.97 Å². The Bertz CT molecular complexity index is 397. The number of hydrogen-bond donors (Lipinski definition) is 1. The number of aryl methyl sites for hydroxylation is 1. The van der Waals surface area contributed by atoms with Gasteiger partial charge < -0.3 is 10.5 Å². The average Bonchev–Trinajstić information content (AvgIpc) is 3.06. The maximum absolute atomic E-state index is 11.0. The fourth-order valence-electron chi connectivity index (χ4n) is 1.81. The molecule has 16 heavy (non-hydrogen) atoms. The van der Waals surface area contributed by atoms with Crippen molar-refractivity contribution in [2.45, 2.75) is 31.2 Å². The Kier molecular flexibility index (Phi) is 2.97. The second-order valence-corrected chi connectivity index (χ2v) is 4.43. The van der Waals surface area contributed by atoms with Crippen LogP contribution in [0.25, 0.3) is 0 Å². The minimum Gasteiger partial charge on any atom is -0.469 e. The molecule has 0 saturated heterocycles. The zero-order valence-corrected chi connectivity index (χ0v) is 9.53. The van der Waals surface area contributed by atoms with Gasteiger partial charge in [-0.2, -0.15) is 0 Å². The largest absolute Gasteiger partial charge is 0.469 e. The molecule has 0 atom stereocenters. The van der Waals surface area contributed by atoms with Gasteiger partial charge in [0.05, 0.1) is 7.11 Å². The summed E-state index contributed by atoms with van der Waals surface area (Å²) < 4.78 is 4.62. The quantitative estimate of drug-likeness (QED) is 0.785. The van der Waals surface area contributed by atoms with E-state index in [0.29, 0.717) is 6.42 Å². The molecule has 0 unspecified atom stereocenters. The third kappa shape index (κ3) is 2.42. The predicted molar refractivity (Wildman–Crippen MR) is 61.9 cm³/mol. The summed E-state index contributed by atoms with van der Waals surface area (Å²) in [5.74, 6) is -0.167. The van der Waals surface area contributed by atoms with E-state index in [1.165, 1.54) is 12.7 Å². The first-order valence-electron chi connectivity index (χ1n) is 5.59. The standard InChI is InChI=1S/C13H17NO2/c1-16-12(15)6-5-10-3-2-4-11(9-10)13(14)7-8-13/h2-4,9H,5-8,14H2,1H3. The number of nitrogens with two attached hydrogens (primary N) is 1. The van der Waals surface area contributed by atoms with Crippen molar-refractivity contribution < 1.29 is 9.53 Å². The molecule has 0 aliphatic heterocycles. The second-order valence-electron chi connectivity index (χ2n) is 4.43. The summed E-state index contributed by atoms with van der Waals surface area (Å²) in [6, 6.07) is 8.21. The van der Waals surface area contributed by atoms with E-state index in [2.05, 4.69) is 16.9 Å². The van der Waals surface area contributed by atoms with Crippen molar-refractivity contribution in [3.8, 4) is 0 Å². The highest BCUT2D eigenvalue weighted by Gasteiger charge is 2.39. The van der Waals surface area contributed by atoms with E-state index in [1.807, 2.05) is 12.1 Å². The van der Waals surface area contributed by atoms with Crippen LogP contribution in [0.5, 0.6) is 0 Å². The number of methoxy groups -OCH3 is 1. The van der Waals surface area contributed by atoms with Gasteiger partial charge in [0.15, 0.2) is 0 Å². The minimum absolute atomic E-state index is 0.0960. The third-order valence-electron chi connectivity index (χ3n) is 3.14. The minimum atomic E-state index is -0.167. The first-order chi connectivity index (χ1) is 7.64. The highest BCUT2D eigenvalue weighted by atomic mass is 16.5. The maximum Gasteiger partial charge on any atom is 0.305 e. The van der Waals surface area contributed by atoms with Crippen LogP contribution in [-0.2, 0) is 21.5 Å². The summed E-state index contributed by atoms with van der Waals surface area (Å²) in [5.41, 5.74) is 8.37. The van der Waals surface area contributed by atoms with Gasteiger partial charge in [-0.15, -0.1) is 0 Å². The molecule has 1 aliphatic carbocycles. The Morgan fingerprint density at radius 3 is 2.88 bits per heavy atom. The first-order valence-corrected chi connectivity index (χ1v) is 5.59. The van der Waals surface area contributed by atoms with Crippen molar-refractivity contribution in [3.63, 3.8) is 0 Å². The van der Waals surface area contributed by atoms with E-state index < -0.39 is 0 Å². The Hall–Kier alpha value is -1.35. The SMILES string of the molecule is COC(=O)CCc1cccc(C2(N)CC2)c1. The molecule has 2 N–H and O–H groups in total. The normalized spacial score (nSPS) is 16.9. The van der Waals surface area contributed by atoms with Crippen LogP contribution in [-0.4, -0.2) is 13.1 Å². The Balaban J connectivity index is 2.02. The molecule has 0 spiro atoms. The van der Waals surface area contributed by atoms with E-state index in [4.69, 9.17) is 5.73 Å². The molecule has 3 nitrogen and oxygen atoms in total. The number of benzene rings is 1. The zero-order chi connectivity index (χ0) is 11.6. The van der Waals surface area contributed by atoms with Gasteiger partial charge in [-0.3, -0.25) is 4.79 Å². The highest BCUT2D eigenvalue weighted by molar-refractivity contribution is 5.69. The molecule has 0 amide bonds. The van der Waals surface area contributed by atoms with E-state index in [1.54, 1.807) is 0 Å². The summed E-state index contributed by atoms with van der Waals surface area (Å²) in [5, 5.41) is 0. The Morgan fingerprint density at radius 2 is 2.25 bits per heavy atom. The Labute approximate surface area is 95.6 Å². The van der Waals surface area contributed by atoms with Crippen LogP contribution in [0.4, 0.5) is 0 Å². The summed E-state index contributed by atoms with van der Waals surface area (Å²) in [7, 11) is 1.41. The monoisotopic (exact) mass is 219 g/mol. The van der Waals surface area contributed by atoms with Gasteiger partial charge in [-0.25, -0.2) is 0 Å². The van der Waals surface area contributed by atoms with Gasteiger partial charge in [0.2, 0.25) is 0 Å². The number of esters is 1. The molecular weight excluding hydrogens is 202 g/mol. The van der Waals surface area contributed by atoms with Gasteiger partial charge >= 0.3 is 5.97 Å². The van der Waals surface area contributed by atoms with Gasteiger partial charge in [0, 0.05) is 12.0 Å². The number of carbonyl (C=O) groups is 1. The smallest absolute Gasteiger partial charge is 0.305 e. The highest BCUT2D eigenvalue weighted by Crippen LogP contribution is 2.42. The van der Waals surface area contributed by atoms with E-state index in [-0.39, 0.29) is 11.5 Å². The lowest BCUT2D eigenvalue weighted by molar-refractivity contribution is -0.140. The summed E-state index contributed by atoms with van der Waals surface area (Å²) in [6.45, 7) is 0. The van der Waals surface area contributed by atoms with E-state index in [9.17, 15) is 4.79 Å². The number of hydrogen-bond acceptors (Lipinski definition) is 3. The van der Waals surface area contributed by atoms with Crippen molar-refractivity contribution in [3.05, 3.63) is 35.4 Å². The third-order valence-corrected chi connectivity index (χ3v) is 3.14. The van der Waals surface area contributed by atoms with Gasteiger partial charge in [-0.05, 0) is 30.4 Å². The zero-order valence-electron chi connectivity index (χ0n) is 9.53. The molecule has 3 heteroatoms. The number of ether oxygens (including phenoxy) is 1. The maximum atomic E-state index is 11.0. The fourth-order valence-corrected chi connectivity index (χ4v) is 1.81. The molecule has 2 rings (SSSR count). The van der Waals surface area contributed by atoms with Crippen LogP contribution >= 0.6 is 0 Å². The molecule has 1 aromatic rings. The van der Waals surface area contributed by atoms with Crippen LogP contribution in [0.3, 0.4) is 0 Å². The lowest BCUT2D eigenvalue weighted by Gasteiger charge is -2.10. The molecule has 1 aliphatic rings. The second kappa shape index (κ2) is 4.26. The van der Waals surface area contributed by atoms with Crippen LogP contribution in [0.2, 0.25) is 0 Å². The van der Waals surface area contributed by atoms with E-state index >= 15 is 0 Å². The Morgan fingerprint density at radius 1 is 1.50 bits per heavy atom. The topological polar surface area (TPSA) is 52.3 Å². The molecule has 1 saturated carbocycles. The summed E-state index contributed by atoms with van der Waals surface area (Å²) in [4.78, 5) is 11.0. The van der Waals surface area contributed by atoms with Gasteiger partial charge in [-0.1, -0.05) is 24.3 Å². The molecule has 86 valence electrons. The van der Waals surface area contributed by atoms with E-state index in [0.717, 1.165) is 24.8 Å². The van der Waals surface area contributed by atoms with Crippen molar-refractivity contribution in [2.75, 3.05) is 7.11 Å². The predicted octanol–water partition coefficient (Wildman–Crippen LogP) is 1.74. The summed E-state index contributed by atoms with van der Waals surface area (Å²) in [6.07, 6.45) is 3.27. The van der Waals surface area contributed by atoms with Crippen LogP contribution in [0.15, 0.2) is 24.3 Å². The van der Waals surface area contributed by atoms with Crippen molar-refractivity contribution in [2.24, 2.45) is 5.73 Å². The number of rotatable bonds is 4. The first kappa shape index (κ1) is 11.1. The number of carbonyl (C=O) groups excluding carboxylic acids is 1. The molecule has 0 radical (unpaired) electrons. The molecule has 1 fully saturated rings. The summed E-state index contributed by atoms with van der Waals surface area (Å²) >= 11 is 0. The van der Waals surface area contributed by atoms with Gasteiger partial charge in [0.25, 0.3) is 0 Å². The van der Waals surface area contributed by atoms with Crippen LogP contribution in [0.1, 0.15) is 30.4 Å². The fraction of sp³-hybridized carbons (Fsp3) is 0.462. The average molecular weight is 219 g/mol. The van der Waals surface area contributed by atoms with Gasteiger partial charge in [0.1, 0.15) is 0 Å². The lowest BCUT2D eigenvalue weighted by Crippen LogP contribution is -2.18. The van der Waals surface area contributed by atoms with Crippen molar-refractivity contribution in [1.82, 2.24) is 0 Å². The van der Waals surface area contributed by atoms with Crippen LogP contribution < -0.4 is 5.73 Å². The molecule has 1 aromatic carbocycles.